The molecule has 0 aliphatic rings. The number of nitrogens with zero attached hydrogens (tertiary/aromatic N) is 2. The van der Waals surface area contributed by atoms with Crippen LogP contribution < -0.4 is 4.74 Å². The molecule has 4 nitrogen and oxygen atoms in total. The zero-order chi connectivity index (χ0) is 16.5. The molecule has 0 bridgehead atoms. The molecule has 0 fully saturated rings. The van der Waals surface area contributed by atoms with Crippen LogP contribution in [0.25, 0.3) is 10.6 Å². The van der Waals surface area contributed by atoms with Gasteiger partial charge in [0.05, 0.1) is 0 Å². The highest BCUT2D eigenvalue weighted by atomic mass is 32.1. The maximum Gasteiger partial charge on any atom is 0.335 e. The second-order valence-corrected chi connectivity index (χ2v) is 6.30. The Balaban J connectivity index is 1.96. The van der Waals surface area contributed by atoms with E-state index in [1.807, 2.05) is 18.2 Å². The van der Waals surface area contributed by atoms with Crippen LogP contribution in [0.3, 0.4) is 0 Å². The minimum absolute atomic E-state index is 0.344. The van der Waals surface area contributed by atoms with Crippen LogP contribution in [0.2, 0.25) is 0 Å². The fraction of sp³-hybridized carbons (Fsp3) is 0.389. The molecule has 0 N–H and O–H groups in total. The van der Waals surface area contributed by atoms with Crippen LogP contribution in [0.5, 0.6) is 5.75 Å². The van der Waals surface area contributed by atoms with Gasteiger partial charge in [0, 0.05) is 18.1 Å². The van der Waals surface area contributed by atoms with Crippen molar-refractivity contribution in [2.24, 2.45) is 0 Å². The van der Waals surface area contributed by atoms with E-state index in [1.165, 1.54) is 6.08 Å². The summed E-state index contributed by atoms with van der Waals surface area (Å²) < 4.78 is 5.25. The van der Waals surface area contributed by atoms with Crippen molar-refractivity contribution in [3.8, 4) is 16.3 Å². The van der Waals surface area contributed by atoms with Gasteiger partial charge in [0.1, 0.15) is 15.8 Å². The van der Waals surface area contributed by atoms with E-state index in [9.17, 15) is 4.79 Å². The first kappa shape index (κ1) is 17.3. The first-order chi connectivity index (χ1) is 11.2. The molecule has 5 heteroatoms. The van der Waals surface area contributed by atoms with E-state index < -0.39 is 0 Å². The normalized spacial score (nSPS) is 11.0. The number of ether oxygens (including phenoxy) is 1. The molecule has 0 aliphatic heterocycles. The van der Waals surface area contributed by atoms with Crippen LogP contribution in [0.15, 0.2) is 36.4 Å². The molecule has 0 saturated carbocycles. The molecule has 1 aromatic heterocycles. The van der Waals surface area contributed by atoms with Crippen molar-refractivity contribution in [1.29, 1.82) is 0 Å². The Morgan fingerprint density at radius 2 is 1.96 bits per heavy atom. The number of hydrogen-bond acceptors (Lipinski definition) is 5. The van der Waals surface area contributed by atoms with Gasteiger partial charge in [-0.05, 0) is 37.1 Å². The summed E-state index contributed by atoms with van der Waals surface area (Å²) in [7, 11) is 0. The van der Waals surface area contributed by atoms with Crippen molar-refractivity contribution in [3.63, 3.8) is 0 Å². The first-order valence-electron chi connectivity index (χ1n) is 8.04. The highest BCUT2D eigenvalue weighted by Gasteiger charge is 2.07. The van der Waals surface area contributed by atoms with E-state index in [4.69, 9.17) is 4.74 Å². The van der Waals surface area contributed by atoms with Crippen molar-refractivity contribution >= 4 is 17.3 Å². The number of benzene rings is 1. The number of hydrogen-bond donors (Lipinski definition) is 0. The van der Waals surface area contributed by atoms with Gasteiger partial charge in [-0.3, -0.25) is 0 Å². The van der Waals surface area contributed by atoms with Crippen LogP contribution in [0.4, 0.5) is 0 Å². The predicted molar refractivity (Wildman–Crippen MR) is 93.6 cm³/mol. The molecule has 0 atom stereocenters. The highest BCUT2D eigenvalue weighted by molar-refractivity contribution is 7.14. The number of aromatic nitrogens is 2. The van der Waals surface area contributed by atoms with E-state index in [0.717, 1.165) is 47.7 Å². The van der Waals surface area contributed by atoms with E-state index in [1.54, 1.807) is 23.5 Å². The summed E-state index contributed by atoms with van der Waals surface area (Å²) in [6.07, 6.45) is 8.47. The van der Waals surface area contributed by atoms with Crippen LogP contribution in [-0.2, 0) is 11.2 Å². The number of rotatable bonds is 8. The van der Waals surface area contributed by atoms with Gasteiger partial charge in [0.25, 0.3) is 0 Å². The molecule has 0 radical (unpaired) electrons. The molecular formula is C18H22N2O2S. The lowest BCUT2D eigenvalue weighted by Crippen LogP contribution is -2.03. The predicted octanol–water partition coefficient (Wildman–Crippen LogP) is 4.81. The number of unbranched alkanes of at least 4 members (excludes halogenated alkanes) is 2. The summed E-state index contributed by atoms with van der Waals surface area (Å²) >= 11 is 1.62. The lowest BCUT2D eigenvalue weighted by molar-refractivity contribution is -0.129. The van der Waals surface area contributed by atoms with Gasteiger partial charge in [0.2, 0.25) is 0 Å². The topological polar surface area (TPSA) is 52.1 Å². The molecule has 23 heavy (non-hydrogen) atoms. The lowest BCUT2D eigenvalue weighted by Gasteiger charge is -2.02. The third kappa shape index (κ3) is 5.60. The van der Waals surface area contributed by atoms with Crippen molar-refractivity contribution in [3.05, 3.63) is 41.4 Å². The lowest BCUT2D eigenvalue weighted by atomic mass is 10.2. The average Bonchev–Trinajstić information content (AvgIpc) is 3.03. The van der Waals surface area contributed by atoms with Gasteiger partial charge in [-0.15, -0.1) is 10.2 Å². The molecule has 0 aliphatic carbocycles. The largest absolute Gasteiger partial charge is 0.423 e. The molecular weight excluding hydrogens is 308 g/mol. The minimum atomic E-state index is -0.344. The third-order valence-electron chi connectivity index (χ3n) is 3.24. The van der Waals surface area contributed by atoms with Crippen LogP contribution in [0.1, 0.15) is 44.5 Å². The maximum absolute atomic E-state index is 11.6. The second kappa shape index (κ2) is 9.20. The summed E-state index contributed by atoms with van der Waals surface area (Å²) in [5, 5.41) is 10.4. The molecule has 1 aromatic carbocycles. The highest BCUT2D eigenvalue weighted by Crippen LogP contribution is 2.26. The molecule has 2 rings (SSSR count). The number of allylic oxidation sites excluding steroid dienone is 1. The number of carbonyl (C=O) groups is 1. The van der Waals surface area contributed by atoms with Crippen LogP contribution >= 0.6 is 11.3 Å². The van der Waals surface area contributed by atoms with Gasteiger partial charge in [-0.25, -0.2) is 4.79 Å². The minimum Gasteiger partial charge on any atom is -0.423 e. The number of esters is 1. The Labute approximate surface area is 141 Å². The van der Waals surface area contributed by atoms with Crippen molar-refractivity contribution in [2.45, 2.75) is 46.0 Å². The number of carbonyl (C=O) groups excluding carboxylic acids is 1. The van der Waals surface area contributed by atoms with Gasteiger partial charge in [-0.2, -0.15) is 0 Å². The third-order valence-corrected chi connectivity index (χ3v) is 4.27. The quantitative estimate of drug-likeness (QED) is 0.396. The molecule has 2 aromatic rings. The summed E-state index contributed by atoms with van der Waals surface area (Å²) in [6, 6.07) is 7.38. The molecule has 0 unspecified atom stereocenters. The Kier molecular flexibility index (Phi) is 6.94. The van der Waals surface area contributed by atoms with Crippen LogP contribution in [-0.4, -0.2) is 16.2 Å². The zero-order valence-corrected chi connectivity index (χ0v) is 14.4. The second-order valence-electron chi connectivity index (χ2n) is 5.24. The van der Waals surface area contributed by atoms with Gasteiger partial charge >= 0.3 is 5.97 Å². The maximum atomic E-state index is 11.6. The standard InChI is InChI=1S/C18H22N2O2S/c1-3-5-7-9-17(21)22-15-12-10-14(11-13-15)18-20-19-16(23-18)8-6-4-2/h7,9-13H,3-6,8H2,1-2H3. The number of aryl methyl sites for hydroxylation is 1. The van der Waals surface area contributed by atoms with E-state index in [0.29, 0.717) is 5.75 Å². The zero-order valence-electron chi connectivity index (χ0n) is 13.6. The van der Waals surface area contributed by atoms with Gasteiger partial charge in [0.15, 0.2) is 0 Å². The van der Waals surface area contributed by atoms with E-state index in [-0.39, 0.29) is 5.97 Å². The van der Waals surface area contributed by atoms with Crippen LogP contribution in [0, 0.1) is 0 Å². The Morgan fingerprint density at radius 1 is 1.17 bits per heavy atom. The van der Waals surface area contributed by atoms with Crippen molar-refractivity contribution in [2.75, 3.05) is 0 Å². The fourth-order valence-electron chi connectivity index (χ4n) is 1.96. The molecule has 0 spiro atoms. The molecule has 122 valence electrons. The van der Waals surface area contributed by atoms with Gasteiger partial charge < -0.3 is 4.74 Å². The SMILES string of the molecule is CCCC=CC(=O)Oc1ccc(-c2nnc(CCCC)s2)cc1. The summed E-state index contributed by atoms with van der Waals surface area (Å²) in [6.45, 7) is 4.23. The van der Waals surface area contributed by atoms with Gasteiger partial charge in [-0.1, -0.05) is 44.1 Å². The molecule has 0 saturated heterocycles. The Bertz CT molecular complexity index is 647. The smallest absolute Gasteiger partial charge is 0.335 e. The fourth-order valence-corrected chi connectivity index (χ4v) is 2.85. The first-order valence-corrected chi connectivity index (χ1v) is 8.85. The summed E-state index contributed by atoms with van der Waals surface area (Å²) in [5.41, 5.74) is 0.992. The summed E-state index contributed by atoms with van der Waals surface area (Å²) in [4.78, 5) is 11.6. The Hall–Kier alpha value is -2.01. The van der Waals surface area contributed by atoms with E-state index >= 15 is 0 Å². The van der Waals surface area contributed by atoms with Crippen molar-refractivity contribution in [1.82, 2.24) is 10.2 Å². The molecule has 1 heterocycles. The Morgan fingerprint density at radius 3 is 2.65 bits per heavy atom. The van der Waals surface area contributed by atoms with Crippen molar-refractivity contribution < 1.29 is 9.53 Å². The molecule has 0 amide bonds. The summed E-state index contributed by atoms with van der Waals surface area (Å²) in [5.74, 6) is 0.194. The average molecular weight is 330 g/mol. The van der Waals surface area contributed by atoms with E-state index in [2.05, 4.69) is 24.0 Å². The monoisotopic (exact) mass is 330 g/mol.